The molecule has 0 heterocycles. The molecule has 2 amide bonds. The molecule has 1 atom stereocenters. The molecule has 1 unspecified atom stereocenters. The molecule has 27 heavy (non-hydrogen) atoms. The molecule has 5 nitrogen and oxygen atoms in total. The molecule has 0 aliphatic rings. The van der Waals surface area contributed by atoms with Gasteiger partial charge in [0.05, 0.1) is 5.69 Å². The average molecular weight is 375 g/mol. The number of hydrogen-bond acceptors (Lipinski definition) is 3. The van der Waals surface area contributed by atoms with Crippen molar-refractivity contribution >= 4 is 17.5 Å². The van der Waals surface area contributed by atoms with Crippen molar-refractivity contribution in [2.24, 2.45) is 0 Å². The van der Waals surface area contributed by atoms with Gasteiger partial charge in [-0.15, -0.1) is 0 Å². The molecule has 0 radical (unpaired) electrons. The van der Waals surface area contributed by atoms with E-state index < -0.39 is 23.6 Å². The minimum absolute atomic E-state index is 0.0599. The smallest absolute Gasteiger partial charge is 0.241 e. The minimum Gasteiger partial charge on any atom is -0.354 e. The van der Waals surface area contributed by atoms with Crippen molar-refractivity contribution in [3.8, 4) is 0 Å². The normalized spacial score (nSPS) is 11.9. The van der Waals surface area contributed by atoms with Gasteiger partial charge in [0.15, 0.2) is 0 Å². The fourth-order valence-electron chi connectivity index (χ4n) is 2.75. The van der Waals surface area contributed by atoms with Crippen LogP contribution in [0.4, 0.5) is 14.5 Å². The van der Waals surface area contributed by atoms with Crippen molar-refractivity contribution in [1.29, 1.82) is 0 Å². The summed E-state index contributed by atoms with van der Waals surface area (Å²) in [5, 5.41) is 5.03. The van der Waals surface area contributed by atoms with Crippen molar-refractivity contribution in [1.82, 2.24) is 10.2 Å². The molecule has 7 heteroatoms. The number of amides is 2. The SMILES string of the molecule is Cc1ccccc1C(C(=O)NCCC(=O)Nc1cc(F)ccc1F)N(C)C. The summed E-state index contributed by atoms with van der Waals surface area (Å²) in [5.41, 5.74) is 1.65. The predicted molar refractivity (Wildman–Crippen MR) is 100 cm³/mol. The van der Waals surface area contributed by atoms with Crippen molar-refractivity contribution in [3.05, 3.63) is 65.2 Å². The fourth-order valence-corrected chi connectivity index (χ4v) is 2.75. The van der Waals surface area contributed by atoms with Crippen LogP contribution in [-0.4, -0.2) is 37.4 Å². The van der Waals surface area contributed by atoms with Crippen LogP contribution in [0.2, 0.25) is 0 Å². The molecule has 0 saturated carbocycles. The van der Waals surface area contributed by atoms with Gasteiger partial charge in [0.1, 0.15) is 17.7 Å². The summed E-state index contributed by atoms with van der Waals surface area (Å²) in [7, 11) is 3.60. The lowest BCUT2D eigenvalue weighted by molar-refractivity contribution is -0.125. The van der Waals surface area contributed by atoms with E-state index in [0.29, 0.717) is 0 Å². The van der Waals surface area contributed by atoms with Crippen LogP contribution in [0.1, 0.15) is 23.6 Å². The zero-order valence-corrected chi connectivity index (χ0v) is 15.6. The number of nitrogens with zero attached hydrogens (tertiary/aromatic N) is 1. The first-order valence-electron chi connectivity index (χ1n) is 8.54. The first-order valence-corrected chi connectivity index (χ1v) is 8.54. The molecule has 0 saturated heterocycles. The second-order valence-electron chi connectivity index (χ2n) is 6.44. The molecule has 2 rings (SSSR count). The maximum atomic E-state index is 13.5. The minimum atomic E-state index is -0.721. The summed E-state index contributed by atoms with van der Waals surface area (Å²) in [4.78, 5) is 26.3. The van der Waals surface area contributed by atoms with Gasteiger partial charge in [-0.05, 0) is 44.3 Å². The Hall–Kier alpha value is -2.80. The van der Waals surface area contributed by atoms with Gasteiger partial charge in [-0.1, -0.05) is 24.3 Å². The highest BCUT2D eigenvalue weighted by atomic mass is 19.1. The van der Waals surface area contributed by atoms with Crippen LogP contribution >= 0.6 is 0 Å². The Balaban J connectivity index is 1.93. The number of carbonyl (C=O) groups is 2. The summed E-state index contributed by atoms with van der Waals surface area (Å²) >= 11 is 0. The lowest BCUT2D eigenvalue weighted by Gasteiger charge is -2.25. The Morgan fingerprint density at radius 2 is 1.81 bits per heavy atom. The lowest BCUT2D eigenvalue weighted by Crippen LogP contribution is -2.38. The quantitative estimate of drug-likeness (QED) is 0.782. The number of likely N-dealkylation sites (N-methyl/N-ethyl adjacent to an activating group) is 1. The molecule has 0 aromatic heterocycles. The number of hydrogen-bond donors (Lipinski definition) is 2. The zero-order valence-electron chi connectivity index (χ0n) is 15.6. The molecule has 0 aliphatic heterocycles. The molecule has 0 bridgehead atoms. The summed E-state index contributed by atoms with van der Waals surface area (Å²) in [6.45, 7) is 2.01. The second-order valence-corrected chi connectivity index (χ2v) is 6.44. The van der Waals surface area contributed by atoms with E-state index in [2.05, 4.69) is 10.6 Å². The number of aryl methyl sites for hydroxylation is 1. The van der Waals surface area contributed by atoms with Crippen molar-refractivity contribution in [3.63, 3.8) is 0 Å². The number of nitrogens with one attached hydrogen (secondary N) is 2. The predicted octanol–water partition coefficient (Wildman–Crippen LogP) is 3.02. The van der Waals surface area contributed by atoms with Gasteiger partial charge in [0.25, 0.3) is 0 Å². The highest BCUT2D eigenvalue weighted by Crippen LogP contribution is 2.22. The van der Waals surface area contributed by atoms with E-state index in [-0.39, 0.29) is 24.6 Å². The molecule has 2 aromatic rings. The van der Waals surface area contributed by atoms with Gasteiger partial charge in [-0.3, -0.25) is 14.5 Å². The average Bonchev–Trinajstić information content (AvgIpc) is 2.60. The highest BCUT2D eigenvalue weighted by molar-refractivity contribution is 5.91. The third kappa shape index (κ3) is 5.59. The number of anilines is 1. The topological polar surface area (TPSA) is 61.4 Å². The third-order valence-corrected chi connectivity index (χ3v) is 4.10. The first-order chi connectivity index (χ1) is 12.8. The molecule has 144 valence electrons. The molecule has 2 N–H and O–H groups in total. The van der Waals surface area contributed by atoms with Crippen LogP contribution in [0, 0.1) is 18.6 Å². The van der Waals surface area contributed by atoms with Crippen LogP contribution in [-0.2, 0) is 9.59 Å². The molecule has 0 fully saturated rings. The van der Waals surface area contributed by atoms with E-state index >= 15 is 0 Å². The van der Waals surface area contributed by atoms with E-state index in [1.807, 2.05) is 31.2 Å². The lowest BCUT2D eigenvalue weighted by atomic mass is 10.00. The van der Waals surface area contributed by atoms with Gasteiger partial charge in [0.2, 0.25) is 11.8 Å². The monoisotopic (exact) mass is 375 g/mol. The Bertz CT molecular complexity index is 825. The van der Waals surface area contributed by atoms with Crippen LogP contribution in [0.15, 0.2) is 42.5 Å². The van der Waals surface area contributed by atoms with Crippen LogP contribution in [0.25, 0.3) is 0 Å². The number of carbonyl (C=O) groups excluding carboxylic acids is 2. The number of benzene rings is 2. The highest BCUT2D eigenvalue weighted by Gasteiger charge is 2.24. The fraction of sp³-hybridized carbons (Fsp3) is 0.300. The Kier molecular flexibility index (Phi) is 7.01. The van der Waals surface area contributed by atoms with Gasteiger partial charge in [0, 0.05) is 19.0 Å². The van der Waals surface area contributed by atoms with Crippen molar-refractivity contribution in [2.75, 3.05) is 26.0 Å². The summed E-state index contributed by atoms with van der Waals surface area (Å²) < 4.78 is 26.7. The van der Waals surface area contributed by atoms with E-state index in [9.17, 15) is 18.4 Å². The Morgan fingerprint density at radius 1 is 1.11 bits per heavy atom. The van der Waals surface area contributed by atoms with E-state index in [0.717, 1.165) is 29.3 Å². The van der Waals surface area contributed by atoms with Crippen molar-refractivity contribution in [2.45, 2.75) is 19.4 Å². The van der Waals surface area contributed by atoms with E-state index in [1.165, 1.54) is 0 Å². The zero-order chi connectivity index (χ0) is 20.0. The van der Waals surface area contributed by atoms with E-state index in [1.54, 1.807) is 19.0 Å². The molecule has 0 aliphatic carbocycles. The van der Waals surface area contributed by atoms with Crippen LogP contribution in [0.5, 0.6) is 0 Å². The molecular weight excluding hydrogens is 352 g/mol. The van der Waals surface area contributed by atoms with Crippen molar-refractivity contribution < 1.29 is 18.4 Å². The molecule has 2 aromatic carbocycles. The standard InChI is InChI=1S/C20H23F2N3O2/c1-13-6-4-5-7-15(13)19(25(2)3)20(27)23-11-10-18(26)24-17-12-14(21)8-9-16(17)22/h4-9,12,19H,10-11H2,1-3H3,(H,23,27)(H,24,26). The number of rotatable bonds is 7. The number of halogens is 2. The largest absolute Gasteiger partial charge is 0.354 e. The maximum absolute atomic E-state index is 13.5. The maximum Gasteiger partial charge on any atom is 0.241 e. The summed E-state index contributed by atoms with van der Waals surface area (Å²) in [6, 6.07) is 9.92. The van der Waals surface area contributed by atoms with Gasteiger partial charge < -0.3 is 10.6 Å². The summed E-state index contributed by atoms with van der Waals surface area (Å²) in [6.07, 6.45) is -0.0599. The van der Waals surface area contributed by atoms with Crippen LogP contribution < -0.4 is 10.6 Å². The Morgan fingerprint density at radius 3 is 2.48 bits per heavy atom. The van der Waals surface area contributed by atoms with Gasteiger partial charge in [-0.2, -0.15) is 0 Å². The van der Waals surface area contributed by atoms with Gasteiger partial charge in [-0.25, -0.2) is 8.78 Å². The Labute approximate surface area is 157 Å². The third-order valence-electron chi connectivity index (χ3n) is 4.10. The molecule has 0 spiro atoms. The van der Waals surface area contributed by atoms with Crippen LogP contribution in [0.3, 0.4) is 0 Å². The summed E-state index contributed by atoms with van der Waals surface area (Å²) in [5.74, 6) is -2.12. The second kappa shape index (κ2) is 9.23. The molecular formula is C20H23F2N3O2. The van der Waals surface area contributed by atoms with Gasteiger partial charge >= 0.3 is 0 Å². The first kappa shape index (κ1) is 20.5. The van der Waals surface area contributed by atoms with E-state index in [4.69, 9.17) is 0 Å².